The fourth-order valence-corrected chi connectivity index (χ4v) is 3.12. The quantitative estimate of drug-likeness (QED) is 0.532. The topological polar surface area (TPSA) is 121 Å². The highest BCUT2D eigenvalue weighted by Gasteiger charge is 2.43. The first-order valence-corrected chi connectivity index (χ1v) is 9.46. The summed E-state index contributed by atoms with van der Waals surface area (Å²) in [5.74, 6) is -0.609. The average Bonchev–Trinajstić information content (AvgIpc) is 2.99. The van der Waals surface area contributed by atoms with Crippen molar-refractivity contribution in [2.24, 2.45) is 0 Å². The summed E-state index contributed by atoms with van der Waals surface area (Å²) in [5, 5.41) is 25.8. The lowest BCUT2D eigenvalue weighted by molar-refractivity contribution is -0.125. The largest absolute Gasteiger partial charge is 0.388 e. The molecule has 1 aromatic heterocycles. The Bertz CT molecular complexity index is 828. The Balaban J connectivity index is 1.47. The average molecular weight is 399 g/mol. The van der Waals surface area contributed by atoms with E-state index in [1.807, 2.05) is 25.1 Å². The lowest BCUT2D eigenvalue weighted by Gasteiger charge is -2.15. The van der Waals surface area contributed by atoms with E-state index in [9.17, 15) is 19.8 Å². The van der Waals surface area contributed by atoms with Crippen molar-refractivity contribution in [1.82, 2.24) is 15.6 Å². The fraction of sp³-hybridized carbons (Fsp3) is 0.381. The van der Waals surface area contributed by atoms with Gasteiger partial charge in [0, 0.05) is 31.0 Å². The van der Waals surface area contributed by atoms with Gasteiger partial charge in [0.05, 0.1) is 12.5 Å². The smallest absolute Gasteiger partial charge is 0.251 e. The number of aliphatic hydroxyl groups excluding tert-OH is 2. The zero-order valence-electron chi connectivity index (χ0n) is 16.1. The highest BCUT2D eigenvalue weighted by molar-refractivity contribution is 5.94. The SMILES string of the molecule is Cc1ccc(C(=O)NC[C@H]2O[C@@H](CC(=O)NCc3cccnc3)[C@H](O)[C@@H]2O)cc1. The molecule has 4 N–H and O–H groups in total. The van der Waals surface area contributed by atoms with E-state index >= 15 is 0 Å². The van der Waals surface area contributed by atoms with Crippen LogP contribution in [0.15, 0.2) is 48.8 Å². The van der Waals surface area contributed by atoms with Gasteiger partial charge >= 0.3 is 0 Å². The summed E-state index contributed by atoms with van der Waals surface area (Å²) in [6.07, 6.45) is -0.841. The molecule has 1 aliphatic rings. The van der Waals surface area contributed by atoms with Crippen LogP contribution in [0.4, 0.5) is 0 Å². The predicted octanol–water partition coefficient (Wildman–Crippen LogP) is 0.316. The lowest BCUT2D eigenvalue weighted by Crippen LogP contribution is -2.40. The van der Waals surface area contributed by atoms with E-state index in [4.69, 9.17) is 4.74 Å². The second-order valence-electron chi connectivity index (χ2n) is 7.11. The first kappa shape index (κ1) is 20.9. The molecular weight excluding hydrogens is 374 g/mol. The number of hydrogen-bond donors (Lipinski definition) is 4. The Morgan fingerprint density at radius 1 is 1.07 bits per heavy atom. The van der Waals surface area contributed by atoms with Gasteiger partial charge in [0.2, 0.25) is 5.91 Å². The molecule has 154 valence electrons. The predicted molar refractivity (Wildman–Crippen MR) is 105 cm³/mol. The number of aliphatic hydroxyl groups is 2. The van der Waals surface area contributed by atoms with E-state index in [-0.39, 0.29) is 24.8 Å². The Kier molecular flexibility index (Phi) is 6.92. The van der Waals surface area contributed by atoms with Gasteiger partial charge in [-0.15, -0.1) is 0 Å². The summed E-state index contributed by atoms with van der Waals surface area (Å²) in [5.41, 5.74) is 2.39. The number of carbonyl (C=O) groups is 2. The molecule has 3 rings (SSSR count). The van der Waals surface area contributed by atoms with Crippen LogP contribution in [0.2, 0.25) is 0 Å². The van der Waals surface area contributed by atoms with Gasteiger partial charge < -0.3 is 25.6 Å². The van der Waals surface area contributed by atoms with Crippen LogP contribution in [-0.4, -0.2) is 58.0 Å². The van der Waals surface area contributed by atoms with Crippen LogP contribution in [-0.2, 0) is 16.1 Å². The Morgan fingerprint density at radius 3 is 2.48 bits per heavy atom. The molecule has 2 heterocycles. The molecule has 0 bridgehead atoms. The van der Waals surface area contributed by atoms with Crippen molar-refractivity contribution in [2.45, 2.75) is 44.3 Å². The molecule has 2 amide bonds. The van der Waals surface area contributed by atoms with Crippen molar-refractivity contribution in [2.75, 3.05) is 6.54 Å². The molecule has 1 fully saturated rings. The van der Waals surface area contributed by atoms with Crippen molar-refractivity contribution in [3.05, 3.63) is 65.5 Å². The molecule has 8 heteroatoms. The molecule has 0 saturated carbocycles. The molecule has 1 saturated heterocycles. The maximum atomic E-state index is 12.2. The number of rotatable bonds is 7. The van der Waals surface area contributed by atoms with Gasteiger partial charge in [0.1, 0.15) is 18.3 Å². The number of nitrogens with one attached hydrogen (secondary N) is 2. The molecular formula is C21H25N3O5. The Labute approximate surface area is 168 Å². The van der Waals surface area contributed by atoms with Crippen LogP contribution in [0.5, 0.6) is 0 Å². The first-order chi connectivity index (χ1) is 13.9. The van der Waals surface area contributed by atoms with E-state index < -0.39 is 24.4 Å². The van der Waals surface area contributed by atoms with Gasteiger partial charge in [-0.1, -0.05) is 23.8 Å². The van der Waals surface area contributed by atoms with Gasteiger partial charge in [-0.05, 0) is 30.7 Å². The molecule has 2 aromatic rings. The van der Waals surface area contributed by atoms with Crippen LogP contribution in [0.25, 0.3) is 0 Å². The summed E-state index contributed by atoms with van der Waals surface area (Å²) in [7, 11) is 0. The number of ether oxygens (including phenoxy) is 1. The maximum absolute atomic E-state index is 12.2. The number of pyridine rings is 1. The third-order valence-corrected chi connectivity index (χ3v) is 4.84. The van der Waals surface area contributed by atoms with Crippen molar-refractivity contribution in [1.29, 1.82) is 0 Å². The molecule has 29 heavy (non-hydrogen) atoms. The van der Waals surface area contributed by atoms with Gasteiger partial charge in [-0.25, -0.2) is 0 Å². The van der Waals surface area contributed by atoms with Gasteiger partial charge in [0.15, 0.2) is 0 Å². The maximum Gasteiger partial charge on any atom is 0.251 e. The van der Waals surface area contributed by atoms with Gasteiger partial charge in [-0.3, -0.25) is 14.6 Å². The normalized spacial score (nSPS) is 23.6. The van der Waals surface area contributed by atoms with Crippen LogP contribution < -0.4 is 10.6 Å². The molecule has 0 radical (unpaired) electrons. The van der Waals surface area contributed by atoms with Crippen molar-refractivity contribution < 1.29 is 24.5 Å². The minimum Gasteiger partial charge on any atom is -0.388 e. The molecule has 1 aliphatic heterocycles. The summed E-state index contributed by atoms with van der Waals surface area (Å²) in [4.78, 5) is 28.3. The van der Waals surface area contributed by atoms with Crippen LogP contribution in [0.1, 0.15) is 27.9 Å². The van der Waals surface area contributed by atoms with E-state index in [0.29, 0.717) is 12.1 Å². The van der Waals surface area contributed by atoms with Gasteiger partial charge in [0.25, 0.3) is 5.91 Å². The second-order valence-corrected chi connectivity index (χ2v) is 7.11. The molecule has 0 spiro atoms. The van der Waals surface area contributed by atoms with E-state index in [0.717, 1.165) is 11.1 Å². The third kappa shape index (κ3) is 5.60. The minimum absolute atomic E-state index is 0.0265. The number of hydrogen-bond acceptors (Lipinski definition) is 6. The first-order valence-electron chi connectivity index (χ1n) is 9.46. The number of aryl methyl sites for hydroxylation is 1. The number of aromatic nitrogens is 1. The molecule has 0 unspecified atom stereocenters. The van der Waals surface area contributed by atoms with Gasteiger partial charge in [-0.2, -0.15) is 0 Å². The summed E-state index contributed by atoms with van der Waals surface area (Å²) >= 11 is 0. The Hall–Kier alpha value is -2.81. The highest BCUT2D eigenvalue weighted by atomic mass is 16.5. The number of carbonyl (C=O) groups excluding carboxylic acids is 2. The minimum atomic E-state index is -1.21. The monoisotopic (exact) mass is 399 g/mol. The summed E-state index contributed by atoms with van der Waals surface area (Å²) < 4.78 is 5.63. The summed E-state index contributed by atoms with van der Waals surface area (Å²) in [6.45, 7) is 2.27. The van der Waals surface area contributed by atoms with Crippen molar-refractivity contribution >= 4 is 11.8 Å². The number of amides is 2. The van der Waals surface area contributed by atoms with Crippen LogP contribution in [0, 0.1) is 6.92 Å². The second kappa shape index (κ2) is 9.60. The molecule has 1 aromatic carbocycles. The van der Waals surface area contributed by atoms with Crippen molar-refractivity contribution in [3.63, 3.8) is 0 Å². The standard InChI is InChI=1S/C21H25N3O5/c1-13-4-6-15(7-5-13)21(28)24-12-17-20(27)19(26)16(29-17)9-18(25)23-11-14-3-2-8-22-10-14/h2-8,10,16-17,19-20,26-27H,9,11-12H2,1H3,(H,23,25)(H,24,28)/t16-,17+,19-,20+/m0/s1. The highest BCUT2D eigenvalue weighted by Crippen LogP contribution is 2.23. The van der Waals surface area contributed by atoms with E-state index in [1.165, 1.54) is 0 Å². The molecule has 0 aliphatic carbocycles. The third-order valence-electron chi connectivity index (χ3n) is 4.84. The summed E-state index contributed by atoms with van der Waals surface area (Å²) in [6, 6.07) is 10.7. The number of benzene rings is 1. The van der Waals surface area contributed by atoms with E-state index in [1.54, 1.807) is 30.6 Å². The molecule has 8 nitrogen and oxygen atoms in total. The lowest BCUT2D eigenvalue weighted by atomic mass is 10.1. The van der Waals surface area contributed by atoms with Crippen LogP contribution in [0.3, 0.4) is 0 Å². The fourth-order valence-electron chi connectivity index (χ4n) is 3.12. The zero-order chi connectivity index (χ0) is 20.8. The molecule has 4 atom stereocenters. The Morgan fingerprint density at radius 2 is 1.79 bits per heavy atom. The zero-order valence-corrected chi connectivity index (χ0v) is 16.1. The van der Waals surface area contributed by atoms with Crippen molar-refractivity contribution in [3.8, 4) is 0 Å². The number of nitrogens with zero attached hydrogens (tertiary/aromatic N) is 1. The van der Waals surface area contributed by atoms with Crippen LogP contribution >= 0.6 is 0 Å². The van der Waals surface area contributed by atoms with E-state index in [2.05, 4.69) is 15.6 Å².